The number of methoxy groups -OCH3 is 1. The molecule has 0 aliphatic carbocycles. The standard InChI is InChI=1S/C11H15NO2/c1-8(7-11(13)14-2)9-3-5-10(12)6-4-9/h3-6,8H,7,12H2,1-2H3/t8-/m0/s1. The van der Waals surface area contributed by atoms with Crippen LogP contribution in [0.1, 0.15) is 24.8 Å². The summed E-state index contributed by atoms with van der Waals surface area (Å²) in [6.45, 7) is 1.99. The van der Waals surface area contributed by atoms with Gasteiger partial charge in [-0.2, -0.15) is 0 Å². The highest BCUT2D eigenvalue weighted by Crippen LogP contribution is 2.20. The molecule has 0 heterocycles. The smallest absolute Gasteiger partial charge is 0.306 e. The molecule has 0 unspecified atom stereocenters. The molecule has 1 aromatic carbocycles. The lowest BCUT2D eigenvalue weighted by molar-refractivity contribution is -0.140. The Morgan fingerprint density at radius 2 is 2.00 bits per heavy atom. The van der Waals surface area contributed by atoms with E-state index in [9.17, 15) is 4.79 Å². The SMILES string of the molecule is COC(=O)C[C@H](C)c1ccc(N)cc1. The van der Waals surface area contributed by atoms with Crippen LogP contribution in [0.4, 0.5) is 5.69 Å². The fourth-order valence-electron chi connectivity index (χ4n) is 1.28. The third-order valence-electron chi connectivity index (χ3n) is 2.21. The molecular weight excluding hydrogens is 178 g/mol. The zero-order chi connectivity index (χ0) is 10.6. The summed E-state index contributed by atoms with van der Waals surface area (Å²) >= 11 is 0. The first-order valence-electron chi connectivity index (χ1n) is 4.55. The second-order valence-corrected chi connectivity index (χ2v) is 3.35. The van der Waals surface area contributed by atoms with E-state index in [4.69, 9.17) is 5.73 Å². The highest BCUT2D eigenvalue weighted by Gasteiger charge is 2.10. The number of carbonyl (C=O) groups excluding carboxylic acids is 1. The van der Waals surface area contributed by atoms with Crippen molar-refractivity contribution in [1.29, 1.82) is 0 Å². The molecule has 76 valence electrons. The van der Waals surface area contributed by atoms with Crippen LogP contribution in [0.2, 0.25) is 0 Å². The summed E-state index contributed by atoms with van der Waals surface area (Å²) in [5.41, 5.74) is 7.40. The first-order valence-corrected chi connectivity index (χ1v) is 4.55. The van der Waals surface area contributed by atoms with Gasteiger partial charge in [0.05, 0.1) is 13.5 Å². The molecule has 0 saturated heterocycles. The Morgan fingerprint density at radius 3 is 2.50 bits per heavy atom. The van der Waals surface area contributed by atoms with E-state index >= 15 is 0 Å². The summed E-state index contributed by atoms with van der Waals surface area (Å²) < 4.78 is 4.60. The van der Waals surface area contributed by atoms with Crippen molar-refractivity contribution in [2.24, 2.45) is 0 Å². The number of hydrogen-bond acceptors (Lipinski definition) is 3. The molecule has 1 rings (SSSR count). The average molecular weight is 193 g/mol. The molecule has 0 saturated carbocycles. The number of benzene rings is 1. The number of hydrogen-bond donors (Lipinski definition) is 1. The Morgan fingerprint density at radius 1 is 1.43 bits per heavy atom. The van der Waals surface area contributed by atoms with Gasteiger partial charge in [-0.3, -0.25) is 4.79 Å². The minimum absolute atomic E-state index is 0.169. The van der Waals surface area contributed by atoms with Crippen LogP contribution >= 0.6 is 0 Å². The lowest BCUT2D eigenvalue weighted by atomic mass is 9.98. The normalized spacial score (nSPS) is 12.1. The van der Waals surface area contributed by atoms with Gasteiger partial charge in [0.1, 0.15) is 0 Å². The molecule has 1 aromatic rings. The molecule has 0 amide bonds. The Hall–Kier alpha value is -1.51. The van der Waals surface area contributed by atoms with E-state index in [0.29, 0.717) is 6.42 Å². The highest BCUT2D eigenvalue weighted by molar-refractivity contribution is 5.70. The van der Waals surface area contributed by atoms with Gasteiger partial charge in [-0.25, -0.2) is 0 Å². The van der Waals surface area contributed by atoms with Gasteiger partial charge in [-0.1, -0.05) is 19.1 Å². The summed E-state index contributed by atoms with van der Waals surface area (Å²) in [4.78, 5) is 11.0. The van der Waals surface area contributed by atoms with Crippen LogP contribution in [0.25, 0.3) is 0 Å². The monoisotopic (exact) mass is 193 g/mol. The van der Waals surface area contributed by atoms with Gasteiger partial charge < -0.3 is 10.5 Å². The topological polar surface area (TPSA) is 52.3 Å². The number of rotatable bonds is 3. The molecule has 0 aromatic heterocycles. The van der Waals surface area contributed by atoms with E-state index in [2.05, 4.69) is 4.74 Å². The minimum atomic E-state index is -0.186. The molecule has 14 heavy (non-hydrogen) atoms. The van der Waals surface area contributed by atoms with E-state index < -0.39 is 0 Å². The summed E-state index contributed by atoms with van der Waals surface area (Å²) in [5, 5.41) is 0. The van der Waals surface area contributed by atoms with Gasteiger partial charge in [0, 0.05) is 5.69 Å². The summed E-state index contributed by atoms with van der Waals surface area (Å²) in [5.74, 6) is -0.0163. The maximum absolute atomic E-state index is 11.0. The van der Waals surface area contributed by atoms with Gasteiger partial charge in [-0.15, -0.1) is 0 Å². The molecule has 0 aliphatic rings. The fraction of sp³-hybridized carbons (Fsp3) is 0.364. The molecule has 3 nitrogen and oxygen atoms in total. The zero-order valence-corrected chi connectivity index (χ0v) is 8.49. The Labute approximate surface area is 83.9 Å². The largest absolute Gasteiger partial charge is 0.469 e. The Balaban J connectivity index is 2.65. The Bertz CT molecular complexity index is 306. The lowest BCUT2D eigenvalue weighted by Gasteiger charge is -2.10. The highest BCUT2D eigenvalue weighted by atomic mass is 16.5. The first kappa shape index (κ1) is 10.6. The summed E-state index contributed by atoms with van der Waals surface area (Å²) in [7, 11) is 1.40. The zero-order valence-electron chi connectivity index (χ0n) is 8.49. The minimum Gasteiger partial charge on any atom is -0.469 e. The van der Waals surface area contributed by atoms with Crippen molar-refractivity contribution in [3.8, 4) is 0 Å². The number of nitrogens with two attached hydrogens (primary N) is 1. The van der Waals surface area contributed by atoms with Crippen LogP contribution in [0.5, 0.6) is 0 Å². The maximum atomic E-state index is 11.0. The van der Waals surface area contributed by atoms with Gasteiger partial charge in [0.2, 0.25) is 0 Å². The predicted molar refractivity (Wildman–Crippen MR) is 55.9 cm³/mol. The van der Waals surface area contributed by atoms with Crippen LogP contribution in [0.3, 0.4) is 0 Å². The van der Waals surface area contributed by atoms with E-state index in [1.165, 1.54) is 7.11 Å². The van der Waals surface area contributed by atoms with Crippen LogP contribution in [0.15, 0.2) is 24.3 Å². The second kappa shape index (κ2) is 4.65. The van der Waals surface area contributed by atoms with E-state index in [0.717, 1.165) is 11.3 Å². The van der Waals surface area contributed by atoms with Crippen LogP contribution in [-0.4, -0.2) is 13.1 Å². The number of carbonyl (C=O) groups is 1. The molecular formula is C11H15NO2. The van der Waals surface area contributed by atoms with Crippen LogP contribution in [-0.2, 0) is 9.53 Å². The van der Waals surface area contributed by atoms with E-state index in [-0.39, 0.29) is 11.9 Å². The Kier molecular flexibility index (Phi) is 3.51. The lowest BCUT2D eigenvalue weighted by Crippen LogP contribution is -2.05. The number of anilines is 1. The van der Waals surface area contributed by atoms with Crippen LogP contribution < -0.4 is 5.73 Å². The van der Waals surface area contributed by atoms with Crippen molar-refractivity contribution in [3.63, 3.8) is 0 Å². The van der Waals surface area contributed by atoms with Crippen molar-refractivity contribution < 1.29 is 9.53 Å². The van der Waals surface area contributed by atoms with Gasteiger partial charge in [0.25, 0.3) is 0 Å². The first-order chi connectivity index (χ1) is 6.63. The van der Waals surface area contributed by atoms with E-state index in [1.54, 1.807) is 0 Å². The summed E-state index contributed by atoms with van der Waals surface area (Å²) in [6, 6.07) is 7.54. The molecule has 3 heteroatoms. The van der Waals surface area contributed by atoms with Crippen molar-refractivity contribution in [2.45, 2.75) is 19.3 Å². The van der Waals surface area contributed by atoms with Crippen molar-refractivity contribution in [1.82, 2.24) is 0 Å². The number of esters is 1. The van der Waals surface area contributed by atoms with Gasteiger partial charge in [-0.05, 0) is 23.6 Å². The summed E-state index contributed by atoms with van der Waals surface area (Å²) in [6.07, 6.45) is 0.403. The third kappa shape index (κ3) is 2.76. The molecule has 0 bridgehead atoms. The third-order valence-corrected chi connectivity index (χ3v) is 2.21. The van der Waals surface area contributed by atoms with E-state index in [1.807, 2.05) is 31.2 Å². The maximum Gasteiger partial charge on any atom is 0.306 e. The average Bonchev–Trinajstić information content (AvgIpc) is 2.18. The molecule has 1 atom stereocenters. The van der Waals surface area contributed by atoms with Crippen molar-refractivity contribution in [2.75, 3.05) is 12.8 Å². The van der Waals surface area contributed by atoms with Crippen molar-refractivity contribution >= 4 is 11.7 Å². The fourth-order valence-corrected chi connectivity index (χ4v) is 1.28. The molecule has 0 radical (unpaired) electrons. The van der Waals surface area contributed by atoms with Crippen molar-refractivity contribution in [3.05, 3.63) is 29.8 Å². The van der Waals surface area contributed by atoms with Gasteiger partial charge >= 0.3 is 5.97 Å². The van der Waals surface area contributed by atoms with Crippen LogP contribution in [0, 0.1) is 0 Å². The molecule has 0 fully saturated rings. The second-order valence-electron chi connectivity index (χ2n) is 3.35. The molecule has 0 spiro atoms. The number of ether oxygens (including phenoxy) is 1. The molecule has 0 aliphatic heterocycles. The number of nitrogen functional groups attached to an aromatic ring is 1. The predicted octanol–water partition coefficient (Wildman–Crippen LogP) is 1.94. The quantitative estimate of drug-likeness (QED) is 0.589. The van der Waals surface area contributed by atoms with Gasteiger partial charge in [0.15, 0.2) is 0 Å². The molecule has 2 N–H and O–H groups in total.